The van der Waals surface area contributed by atoms with Gasteiger partial charge in [-0.3, -0.25) is 0 Å². The van der Waals surface area contributed by atoms with Crippen molar-refractivity contribution < 1.29 is 9.53 Å². The van der Waals surface area contributed by atoms with E-state index in [0.29, 0.717) is 24.8 Å². The van der Waals surface area contributed by atoms with Gasteiger partial charge in [0.25, 0.3) is 0 Å². The van der Waals surface area contributed by atoms with E-state index in [9.17, 15) is 4.79 Å². The third-order valence-corrected chi connectivity index (χ3v) is 3.27. The van der Waals surface area contributed by atoms with Gasteiger partial charge in [-0.2, -0.15) is 5.10 Å². The lowest BCUT2D eigenvalue weighted by Crippen LogP contribution is -2.41. The molecule has 0 atom stereocenters. The maximum absolute atomic E-state index is 12.0. The highest BCUT2D eigenvalue weighted by Gasteiger charge is 2.28. The molecule has 1 saturated heterocycles. The van der Waals surface area contributed by atoms with E-state index in [1.807, 2.05) is 26.8 Å². The third-order valence-electron chi connectivity index (χ3n) is 3.27. The molecule has 130 valence electrons. The van der Waals surface area contributed by atoms with Crippen LogP contribution >= 0.6 is 23.2 Å². The van der Waals surface area contributed by atoms with Crippen LogP contribution in [0.3, 0.4) is 0 Å². The molecule has 2 rings (SSSR count). The number of carbonyl (C=O) groups is 1. The van der Waals surface area contributed by atoms with Crippen LogP contribution < -0.4 is 5.73 Å². The monoisotopic (exact) mass is 362 g/mol. The summed E-state index contributed by atoms with van der Waals surface area (Å²) in [4.78, 5) is 13.7. The number of nitrogen functional groups attached to an aromatic ring is 1. The number of hydrogen-bond donors (Lipinski definition) is 1. The van der Waals surface area contributed by atoms with E-state index in [0.717, 1.165) is 18.5 Å². The number of hydrogen-bond acceptors (Lipinski definition) is 5. The molecule has 1 aliphatic heterocycles. The number of amides is 1. The van der Waals surface area contributed by atoms with E-state index in [2.05, 4.69) is 10.2 Å². The Labute approximate surface area is 147 Å². The van der Waals surface area contributed by atoms with Crippen molar-refractivity contribution in [3.05, 3.63) is 17.8 Å². The Kier molecular flexibility index (Phi) is 7.85. The molecular weight excluding hydrogens is 339 g/mol. The van der Waals surface area contributed by atoms with Gasteiger partial charge >= 0.3 is 6.09 Å². The summed E-state index contributed by atoms with van der Waals surface area (Å²) in [5.41, 5.74) is 6.03. The van der Waals surface area contributed by atoms with Gasteiger partial charge in [-0.15, -0.1) is 28.3 Å². The average molecular weight is 363 g/mol. The SMILES string of the molecule is CC(C)(C)OC(=O)N1CCC(c2ccc(N)nn2)CC1.ClCCl. The van der Waals surface area contributed by atoms with Crippen LogP contribution in [0.25, 0.3) is 0 Å². The summed E-state index contributed by atoms with van der Waals surface area (Å²) in [5.74, 6) is 0.765. The second-order valence-electron chi connectivity index (χ2n) is 6.23. The Morgan fingerprint density at radius 1 is 1.30 bits per heavy atom. The van der Waals surface area contributed by atoms with Gasteiger partial charge in [0.1, 0.15) is 11.4 Å². The van der Waals surface area contributed by atoms with Crippen LogP contribution in [0.2, 0.25) is 0 Å². The zero-order chi connectivity index (χ0) is 17.5. The molecule has 0 aliphatic carbocycles. The number of piperidine rings is 1. The van der Waals surface area contributed by atoms with Crippen molar-refractivity contribution in [1.82, 2.24) is 15.1 Å². The normalized spacial score (nSPS) is 15.6. The highest BCUT2D eigenvalue weighted by atomic mass is 35.5. The van der Waals surface area contributed by atoms with Gasteiger partial charge in [-0.05, 0) is 45.7 Å². The molecule has 8 heteroatoms. The first kappa shape index (κ1) is 19.8. The number of nitrogens with zero attached hydrogens (tertiary/aromatic N) is 3. The number of likely N-dealkylation sites (tertiary alicyclic amines) is 1. The minimum Gasteiger partial charge on any atom is -0.444 e. The molecule has 1 fully saturated rings. The van der Waals surface area contributed by atoms with Crippen LogP contribution in [0.15, 0.2) is 12.1 Å². The Bertz CT molecular complexity index is 483. The van der Waals surface area contributed by atoms with Gasteiger partial charge < -0.3 is 15.4 Å². The Morgan fingerprint density at radius 2 is 1.87 bits per heavy atom. The molecule has 0 radical (unpaired) electrons. The number of aromatic nitrogens is 2. The summed E-state index contributed by atoms with van der Waals surface area (Å²) in [7, 11) is 0. The molecule has 2 N–H and O–H groups in total. The fourth-order valence-corrected chi connectivity index (χ4v) is 2.25. The highest BCUT2D eigenvalue weighted by Crippen LogP contribution is 2.27. The smallest absolute Gasteiger partial charge is 0.410 e. The van der Waals surface area contributed by atoms with Crippen LogP contribution in [-0.4, -0.2) is 45.2 Å². The van der Waals surface area contributed by atoms with E-state index < -0.39 is 5.60 Å². The Morgan fingerprint density at radius 3 is 2.30 bits per heavy atom. The zero-order valence-electron chi connectivity index (χ0n) is 13.8. The fourth-order valence-electron chi connectivity index (χ4n) is 2.25. The summed E-state index contributed by atoms with van der Waals surface area (Å²) in [6, 6.07) is 3.68. The number of anilines is 1. The van der Waals surface area contributed by atoms with Crippen LogP contribution in [0.5, 0.6) is 0 Å². The Hall–Kier alpha value is -1.27. The van der Waals surface area contributed by atoms with E-state index in [4.69, 9.17) is 33.7 Å². The van der Waals surface area contributed by atoms with E-state index in [1.165, 1.54) is 0 Å². The lowest BCUT2D eigenvalue weighted by atomic mass is 9.93. The molecule has 0 bridgehead atoms. The van der Waals surface area contributed by atoms with Crippen molar-refractivity contribution in [2.45, 2.75) is 45.1 Å². The van der Waals surface area contributed by atoms with E-state index in [1.54, 1.807) is 11.0 Å². The zero-order valence-corrected chi connectivity index (χ0v) is 15.3. The summed E-state index contributed by atoms with van der Waals surface area (Å²) in [6.45, 7) is 7.00. The number of halogens is 2. The van der Waals surface area contributed by atoms with Crippen LogP contribution in [0.4, 0.5) is 10.6 Å². The first-order chi connectivity index (χ1) is 10.8. The van der Waals surface area contributed by atoms with Crippen LogP contribution in [-0.2, 0) is 4.74 Å². The van der Waals surface area contributed by atoms with E-state index in [-0.39, 0.29) is 11.4 Å². The second-order valence-corrected chi connectivity index (χ2v) is 7.03. The van der Waals surface area contributed by atoms with Gasteiger partial charge in [0.15, 0.2) is 0 Å². The molecule has 23 heavy (non-hydrogen) atoms. The molecule has 6 nitrogen and oxygen atoms in total. The number of rotatable bonds is 1. The lowest BCUT2D eigenvalue weighted by molar-refractivity contribution is 0.0204. The number of nitrogens with two attached hydrogens (primary N) is 1. The molecule has 1 aromatic heterocycles. The second kappa shape index (κ2) is 9.13. The number of alkyl halides is 2. The maximum Gasteiger partial charge on any atom is 0.410 e. The quantitative estimate of drug-likeness (QED) is 0.771. The fraction of sp³-hybridized carbons (Fsp3) is 0.667. The molecule has 0 aromatic carbocycles. The molecule has 0 saturated carbocycles. The molecule has 0 unspecified atom stereocenters. The predicted molar refractivity (Wildman–Crippen MR) is 92.8 cm³/mol. The average Bonchev–Trinajstić information content (AvgIpc) is 2.47. The summed E-state index contributed by atoms with van der Waals surface area (Å²) < 4.78 is 5.38. The topological polar surface area (TPSA) is 81.3 Å². The highest BCUT2D eigenvalue weighted by molar-refractivity contribution is 6.40. The van der Waals surface area contributed by atoms with Crippen molar-refractivity contribution in [3.8, 4) is 0 Å². The van der Waals surface area contributed by atoms with E-state index >= 15 is 0 Å². The van der Waals surface area contributed by atoms with Crippen molar-refractivity contribution in [3.63, 3.8) is 0 Å². The Balaban J connectivity index is 0.000000816. The van der Waals surface area contributed by atoms with Crippen molar-refractivity contribution >= 4 is 35.1 Å². The first-order valence-corrected chi connectivity index (χ1v) is 8.52. The van der Waals surface area contributed by atoms with Crippen molar-refractivity contribution in [2.24, 2.45) is 0 Å². The van der Waals surface area contributed by atoms with Gasteiger partial charge in [0, 0.05) is 19.0 Å². The molecule has 1 aromatic rings. The molecular formula is C15H24Cl2N4O2. The lowest BCUT2D eigenvalue weighted by Gasteiger charge is -2.33. The summed E-state index contributed by atoms with van der Waals surface area (Å²) in [5, 5.41) is 8.20. The maximum atomic E-state index is 12.0. The van der Waals surface area contributed by atoms with Gasteiger partial charge in [-0.25, -0.2) is 4.79 Å². The van der Waals surface area contributed by atoms with Gasteiger partial charge in [-0.1, -0.05) is 0 Å². The molecule has 2 heterocycles. The van der Waals surface area contributed by atoms with Gasteiger partial charge in [0.05, 0.1) is 11.0 Å². The molecule has 1 aliphatic rings. The minimum absolute atomic E-state index is 0.194. The molecule has 1 amide bonds. The van der Waals surface area contributed by atoms with Crippen LogP contribution in [0.1, 0.15) is 45.2 Å². The number of ether oxygens (including phenoxy) is 1. The largest absolute Gasteiger partial charge is 0.444 e. The standard InChI is InChI=1S/C14H22N4O2.CH2Cl2/c1-14(2,3)20-13(19)18-8-6-10(7-9-18)11-4-5-12(15)17-16-11;2-1-3/h4-5,10H,6-9H2,1-3H3,(H2,15,17);1H2. The van der Waals surface area contributed by atoms with Crippen molar-refractivity contribution in [1.29, 1.82) is 0 Å². The van der Waals surface area contributed by atoms with Gasteiger partial charge in [0.2, 0.25) is 0 Å². The summed E-state index contributed by atoms with van der Waals surface area (Å²) in [6.07, 6.45) is 1.51. The summed E-state index contributed by atoms with van der Waals surface area (Å²) >= 11 is 9.53. The number of carbonyl (C=O) groups excluding carboxylic acids is 1. The first-order valence-electron chi connectivity index (χ1n) is 7.45. The third kappa shape index (κ3) is 7.22. The predicted octanol–water partition coefficient (Wildman–Crippen LogP) is 3.59. The van der Waals surface area contributed by atoms with Crippen molar-refractivity contribution in [2.75, 3.05) is 24.2 Å². The minimum atomic E-state index is -0.448. The molecule has 0 spiro atoms. The van der Waals surface area contributed by atoms with Crippen LogP contribution in [0, 0.1) is 0 Å².